The minimum Gasteiger partial charge on any atom is -0.380 e. The van der Waals surface area contributed by atoms with Crippen LogP contribution in [0.1, 0.15) is 37.8 Å². The number of benzene rings is 1. The van der Waals surface area contributed by atoms with Crippen LogP contribution < -0.4 is 5.32 Å². The highest BCUT2D eigenvalue weighted by Gasteiger charge is 2.21. The van der Waals surface area contributed by atoms with Crippen molar-refractivity contribution in [3.05, 3.63) is 35.9 Å². The zero-order valence-corrected chi connectivity index (χ0v) is 13.6. The highest BCUT2D eigenvalue weighted by atomic mass is 16.5. The van der Waals surface area contributed by atoms with E-state index in [2.05, 4.69) is 54.5 Å². The van der Waals surface area contributed by atoms with E-state index in [-0.39, 0.29) is 0 Å². The second-order valence-corrected chi connectivity index (χ2v) is 6.13. The van der Waals surface area contributed by atoms with Gasteiger partial charge in [-0.2, -0.15) is 0 Å². The van der Waals surface area contributed by atoms with Gasteiger partial charge in [-0.1, -0.05) is 37.3 Å². The maximum atomic E-state index is 5.71. The van der Waals surface area contributed by atoms with Crippen molar-refractivity contribution in [3.63, 3.8) is 0 Å². The average Bonchev–Trinajstić information content (AvgIpc) is 3.33. The molecule has 118 valence electrons. The van der Waals surface area contributed by atoms with Crippen molar-refractivity contribution in [2.75, 3.05) is 39.9 Å². The Balaban J connectivity index is 1.65. The Hall–Kier alpha value is -0.900. The first-order valence-electron chi connectivity index (χ1n) is 8.34. The van der Waals surface area contributed by atoms with Crippen LogP contribution in [0.5, 0.6) is 0 Å². The Morgan fingerprint density at radius 1 is 1.24 bits per heavy atom. The molecule has 1 aliphatic rings. The third-order valence-corrected chi connectivity index (χ3v) is 4.12. The second kappa shape index (κ2) is 9.19. The lowest BCUT2D eigenvalue weighted by molar-refractivity contribution is 0.102. The van der Waals surface area contributed by atoms with Gasteiger partial charge in [0.1, 0.15) is 0 Å². The Labute approximate surface area is 129 Å². The van der Waals surface area contributed by atoms with Crippen molar-refractivity contribution in [2.24, 2.45) is 5.92 Å². The average molecular weight is 290 g/mol. The summed E-state index contributed by atoms with van der Waals surface area (Å²) in [5.74, 6) is 0.867. The molecule has 0 amide bonds. The fourth-order valence-corrected chi connectivity index (χ4v) is 2.53. The van der Waals surface area contributed by atoms with Crippen molar-refractivity contribution in [1.82, 2.24) is 10.2 Å². The van der Waals surface area contributed by atoms with E-state index in [1.54, 1.807) is 0 Å². The first-order valence-corrected chi connectivity index (χ1v) is 8.34. The molecule has 1 aromatic rings. The first-order chi connectivity index (χ1) is 10.3. The SMILES string of the molecule is CCNC(CCN(C)CCOCC1CC1)c1ccccc1. The predicted molar refractivity (Wildman–Crippen MR) is 88.5 cm³/mol. The van der Waals surface area contributed by atoms with E-state index in [4.69, 9.17) is 4.74 Å². The molecule has 3 heteroatoms. The van der Waals surface area contributed by atoms with Crippen LogP contribution in [-0.2, 0) is 4.74 Å². The summed E-state index contributed by atoms with van der Waals surface area (Å²) in [6.45, 7) is 7.14. The van der Waals surface area contributed by atoms with E-state index in [0.717, 1.165) is 45.2 Å². The zero-order chi connectivity index (χ0) is 14.9. The summed E-state index contributed by atoms with van der Waals surface area (Å²) in [6.07, 6.45) is 3.88. The molecule has 0 saturated heterocycles. The number of nitrogens with one attached hydrogen (secondary N) is 1. The standard InChI is InChI=1S/C18H30N2O/c1-3-19-18(17-7-5-4-6-8-17)11-12-20(2)13-14-21-15-16-9-10-16/h4-8,16,18-19H,3,9-15H2,1-2H3. The van der Waals surface area contributed by atoms with Gasteiger partial charge in [-0.3, -0.25) is 0 Å². The third-order valence-electron chi connectivity index (χ3n) is 4.12. The Morgan fingerprint density at radius 3 is 2.67 bits per heavy atom. The van der Waals surface area contributed by atoms with Crippen LogP contribution in [-0.4, -0.2) is 44.8 Å². The summed E-state index contributed by atoms with van der Waals surface area (Å²) in [7, 11) is 2.19. The van der Waals surface area contributed by atoms with E-state index in [1.165, 1.54) is 18.4 Å². The maximum Gasteiger partial charge on any atom is 0.0593 e. The van der Waals surface area contributed by atoms with Crippen LogP contribution >= 0.6 is 0 Å². The van der Waals surface area contributed by atoms with Crippen LogP contribution in [0.3, 0.4) is 0 Å². The topological polar surface area (TPSA) is 24.5 Å². The smallest absolute Gasteiger partial charge is 0.0593 e. The minimum absolute atomic E-state index is 0.450. The van der Waals surface area contributed by atoms with Crippen molar-refractivity contribution in [1.29, 1.82) is 0 Å². The predicted octanol–water partition coefficient (Wildman–Crippen LogP) is 3.09. The van der Waals surface area contributed by atoms with Crippen molar-refractivity contribution >= 4 is 0 Å². The highest BCUT2D eigenvalue weighted by Crippen LogP contribution is 2.28. The monoisotopic (exact) mass is 290 g/mol. The van der Waals surface area contributed by atoms with Crippen molar-refractivity contribution in [3.8, 4) is 0 Å². The van der Waals surface area contributed by atoms with Gasteiger partial charge in [0.2, 0.25) is 0 Å². The second-order valence-electron chi connectivity index (χ2n) is 6.13. The molecule has 3 nitrogen and oxygen atoms in total. The summed E-state index contributed by atoms with van der Waals surface area (Å²) >= 11 is 0. The molecule has 1 aromatic carbocycles. The summed E-state index contributed by atoms with van der Waals surface area (Å²) in [4.78, 5) is 2.38. The van der Waals surface area contributed by atoms with Crippen LogP contribution in [0.2, 0.25) is 0 Å². The van der Waals surface area contributed by atoms with Gasteiger partial charge in [-0.05, 0) is 50.9 Å². The van der Waals surface area contributed by atoms with Crippen LogP contribution in [0, 0.1) is 5.92 Å². The minimum atomic E-state index is 0.450. The summed E-state index contributed by atoms with van der Waals surface area (Å²) in [5, 5.41) is 3.59. The number of ether oxygens (including phenoxy) is 1. The number of hydrogen-bond acceptors (Lipinski definition) is 3. The lowest BCUT2D eigenvalue weighted by Gasteiger charge is -2.22. The molecule has 0 radical (unpaired) electrons. The van der Waals surface area contributed by atoms with Gasteiger partial charge in [0.05, 0.1) is 6.61 Å². The van der Waals surface area contributed by atoms with Gasteiger partial charge in [0, 0.05) is 19.2 Å². The maximum absolute atomic E-state index is 5.71. The Morgan fingerprint density at radius 2 is 2.00 bits per heavy atom. The number of rotatable bonds is 11. The van der Waals surface area contributed by atoms with E-state index < -0.39 is 0 Å². The van der Waals surface area contributed by atoms with E-state index in [0.29, 0.717) is 6.04 Å². The third kappa shape index (κ3) is 6.60. The molecule has 0 bridgehead atoms. The molecule has 0 spiro atoms. The Kier molecular flexibility index (Phi) is 7.20. The lowest BCUT2D eigenvalue weighted by atomic mass is 10.0. The van der Waals surface area contributed by atoms with Gasteiger partial charge in [0.15, 0.2) is 0 Å². The molecule has 2 rings (SSSR count). The fourth-order valence-electron chi connectivity index (χ4n) is 2.53. The quantitative estimate of drug-likeness (QED) is 0.634. The van der Waals surface area contributed by atoms with Crippen LogP contribution in [0.25, 0.3) is 0 Å². The molecule has 0 aliphatic heterocycles. The molecule has 21 heavy (non-hydrogen) atoms. The Bertz CT molecular complexity index is 378. The van der Waals surface area contributed by atoms with Gasteiger partial charge in [-0.15, -0.1) is 0 Å². The first kappa shape index (κ1) is 16.5. The fraction of sp³-hybridized carbons (Fsp3) is 0.667. The summed E-state index contributed by atoms with van der Waals surface area (Å²) < 4.78 is 5.71. The van der Waals surface area contributed by atoms with E-state index in [9.17, 15) is 0 Å². The summed E-state index contributed by atoms with van der Waals surface area (Å²) in [5.41, 5.74) is 1.39. The van der Waals surface area contributed by atoms with E-state index >= 15 is 0 Å². The normalized spacial score (nSPS) is 16.3. The van der Waals surface area contributed by atoms with Crippen molar-refractivity contribution in [2.45, 2.75) is 32.2 Å². The van der Waals surface area contributed by atoms with Crippen LogP contribution in [0.4, 0.5) is 0 Å². The molecule has 1 saturated carbocycles. The molecule has 1 N–H and O–H groups in total. The molecular weight excluding hydrogens is 260 g/mol. The molecule has 1 aliphatic carbocycles. The molecule has 0 aromatic heterocycles. The summed E-state index contributed by atoms with van der Waals surface area (Å²) in [6, 6.07) is 11.2. The van der Waals surface area contributed by atoms with Crippen LogP contribution in [0.15, 0.2) is 30.3 Å². The van der Waals surface area contributed by atoms with Gasteiger partial charge in [0.25, 0.3) is 0 Å². The van der Waals surface area contributed by atoms with E-state index in [1.807, 2.05) is 0 Å². The molecule has 0 heterocycles. The van der Waals surface area contributed by atoms with Gasteiger partial charge >= 0.3 is 0 Å². The molecular formula is C18H30N2O. The van der Waals surface area contributed by atoms with Gasteiger partial charge < -0.3 is 15.0 Å². The van der Waals surface area contributed by atoms with Crippen molar-refractivity contribution < 1.29 is 4.74 Å². The highest BCUT2D eigenvalue weighted by molar-refractivity contribution is 5.18. The largest absolute Gasteiger partial charge is 0.380 e. The van der Waals surface area contributed by atoms with Gasteiger partial charge in [-0.25, -0.2) is 0 Å². The number of hydrogen-bond donors (Lipinski definition) is 1. The lowest BCUT2D eigenvalue weighted by Crippen LogP contribution is -2.29. The molecule has 1 fully saturated rings. The molecule has 1 unspecified atom stereocenters. The zero-order valence-electron chi connectivity index (χ0n) is 13.6. The number of nitrogens with zero attached hydrogens (tertiary/aromatic N) is 1. The number of likely N-dealkylation sites (N-methyl/N-ethyl adjacent to an activating group) is 1. The molecule has 1 atom stereocenters.